The molecule has 0 saturated heterocycles. The molecule has 1 amide bonds. The number of aromatic amines is 1. The van der Waals surface area contributed by atoms with Crippen molar-refractivity contribution in [2.24, 2.45) is 5.92 Å². The van der Waals surface area contributed by atoms with Crippen LogP contribution in [0.5, 0.6) is 0 Å². The average Bonchev–Trinajstić information content (AvgIpc) is 2.72. The van der Waals surface area contributed by atoms with Crippen molar-refractivity contribution in [2.45, 2.75) is 45.9 Å². The Hall–Kier alpha value is -1.41. The minimum Gasteiger partial charge on any atom is -0.342 e. The van der Waals surface area contributed by atoms with Crippen LogP contribution in [0.2, 0.25) is 0 Å². The average molecular weight is 330 g/mol. The number of H-pyrrole nitrogens is 1. The van der Waals surface area contributed by atoms with Crippen LogP contribution in [0, 0.1) is 19.8 Å². The molecular formula is C14H26N4O3S. The number of nitrogens with one attached hydrogen (secondary N) is 2. The van der Waals surface area contributed by atoms with Crippen LogP contribution in [0.25, 0.3) is 0 Å². The number of nitrogens with zero attached hydrogens (tertiary/aromatic N) is 2. The first-order chi connectivity index (χ1) is 10.1. The van der Waals surface area contributed by atoms with E-state index in [0.29, 0.717) is 30.4 Å². The predicted octanol–water partition coefficient (Wildman–Crippen LogP) is 1.20. The lowest BCUT2D eigenvalue weighted by molar-refractivity contribution is -0.128. The van der Waals surface area contributed by atoms with Gasteiger partial charge in [0.2, 0.25) is 15.9 Å². The van der Waals surface area contributed by atoms with E-state index in [-0.39, 0.29) is 17.3 Å². The van der Waals surface area contributed by atoms with Gasteiger partial charge in [-0.3, -0.25) is 9.89 Å². The predicted molar refractivity (Wildman–Crippen MR) is 85.0 cm³/mol. The lowest BCUT2D eigenvalue weighted by Gasteiger charge is -2.22. The Morgan fingerprint density at radius 3 is 2.41 bits per heavy atom. The number of aromatic nitrogens is 2. The molecule has 0 radical (unpaired) electrons. The zero-order chi connectivity index (χ0) is 16.9. The Morgan fingerprint density at radius 1 is 1.32 bits per heavy atom. The number of rotatable bonds is 8. The maximum Gasteiger partial charge on any atom is 0.244 e. The molecule has 0 atom stereocenters. The van der Waals surface area contributed by atoms with Crippen LogP contribution < -0.4 is 4.72 Å². The first kappa shape index (κ1) is 18.6. The van der Waals surface area contributed by atoms with E-state index >= 15 is 0 Å². The molecule has 1 aromatic rings. The largest absolute Gasteiger partial charge is 0.342 e. The molecule has 0 aromatic carbocycles. The van der Waals surface area contributed by atoms with Gasteiger partial charge in [-0.25, -0.2) is 13.1 Å². The van der Waals surface area contributed by atoms with E-state index in [4.69, 9.17) is 0 Å². The zero-order valence-corrected chi connectivity index (χ0v) is 14.7. The third-order valence-corrected chi connectivity index (χ3v) is 5.15. The molecule has 0 unspecified atom stereocenters. The van der Waals surface area contributed by atoms with Crippen molar-refractivity contribution in [3.8, 4) is 0 Å². The van der Waals surface area contributed by atoms with Crippen LogP contribution >= 0.6 is 0 Å². The monoisotopic (exact) mass is 330 g/mol. The first-order valence-corrected chi connectivity index (χ1v) is 8.90. The van der Waals surface area contributed by atoms with Gasteiger partial charge >= 0.3 is 0 Å². The highest BCUT2D eigenvalue weighted by atomic mass is 32.2. The van der Waals surface area contributed by atoms with E-state index < -0.39 is 10.0 Å². The smallest absolute Gasteiger partial charge is 0.244 e. The zero-order valence-electron chi connectivity index (χ0n) is 13.9. The van der Waals surface area contributed by atoms with Crippen molar-refractivity contribution in [3.63, 3.8) is 0 Å². The van der Waals surface area contributed by atoms with Gasteiger partial charge in [0.05, 0.1) is 11.4 Å². The molecule has 0 bridgehead atoms. The summed E-state index contributed by atoms with van der Waals surface area (Å²) >= 11 is 0. The molecule has 0 aliphatic carbocycles. The number of hydrogen-bond donors (Lipinski definition) is 2. The fraction of sp³-hybridized carbons (Fsp3) is 0.714. The first-order valence-electron chi connectivity index (χ1n) is 7.42. The molecule has 1 rings (SSSR count). The summed E-state index contributed by atoms with van der Waals surface area (Å²) in [6.45, 7) is 10.2. The fourth-order valence-corrected chi connectivity index (χ4v) is 3.55. The van der Waals surface area contributed by atoms with Crippen LogP contribution in [-0.4, -0.2) is 49.1 Å². The number of hydrogen-bond acceptors (Lipinski definition) is 4. The van der Waals surface area contributed by atoms with Gasteiger partial charge in [0, 0.05) is 26.6 Å². The molecule has 7 nitrogen and oxygen atoms in total. The molecule has 0 aliphatic rings. The standard InChI is InChI=1S/C14H26N4O3S/c1-10(2)6-8-18(13(5)19)9-7-15-22(20,21)14-11(3)16-17-12(14)4/h10,15H,6-9H2,1-5H3,(H,16,17). The summed E-state index contributed by atoms with van der Waals surface area (Å²) in [5.41, 5.74) is 0.946. The minimum absolute atomic E-state index is 0.0458. The molecule has 2 N–H and O–H groups in total. The Kier molecular flexibility index (Phi) is 6.55. The van der Waals surface area contributed by atoms with Crippen molar-refractivity contribution < 1.29 is 13.2 Å². The fourth-order valence-electron chi connectivity index (χ4n) is 2.16. The van der Waals surface area contributed by atoms with E-state index in [1.807, 2.05) is 0 Å². The van der Waals surface area contributed by atoms with Crippen molar-refractivity contribution in [1.29, 1.82) is 0 Å². The SMILES string of the molecule is CC(=O)N(CCNS(=O)(=O)c1c(C)n[nH]c1C)CCC(C)C. The second-order valence-corrected chi connectivity index (χ2v) is 7.55. The summed E-state index contributed by atoms with van der Waals surface area (Å²) < 4.78 is 27.1. The van der Waals surface area contributed by atoms with Crippen LogP contribution in [0.1, 0.15) is 38.6 Å². The number of amides is 1. The van der Waals surface area contributed by atoms with Crippen molar-refractivity contribution >= 4 is 15.9 Å². The van der Waals surface area contributed by atoms with Gasteiger partial charge in [-0.2, -0.15) is 5.10 Å². The van der Waals surface area contributed by atoms with Crippen molar-refractivity contribution in [3.05, 3.63) is 11.4 Å². The lowest BCUT2D eigenvalue weighted by Crippen LogP contribution is -2.38. The summed E-state index contributed by atoms with van der Waals surface area (Å²) in [7, 11) is -3.61. The number of aryl methyl sites for hydroxylation is 2. The summed E-state index contributed by atoms with van der Waals surface area (Å²) in [5.74, 6) is 0.449. The molecular weight excluding hydrogens is 304 g/mol. The Labute approximate surface area is 132 Å². The second kappa shape index (κ2) is 7.73. The Balaban J connectivity index is 2.63. The van der Waals surface area contributed by atoms with Crippen LogP contribution in [-0.2, 0) is 14.8 Å². The highest BCUT2D eigenvalue weighted by Crippen LogP contribution is 2.15. The topological polar surface area (TPSA) is 95.2 Å². The van der Waals surface area contributed by atoms with E-state index in [1.54, 1.807) is 18.7 Å². The van der Waals surface area contributed by atoms with Crippen LogP contribution in [0.15, 0.2) is 4.90 Å². The Bertz CT molecular complexity index is 588. The summed E-state index contributed by atoms with van der Waals surface area (Å²) in [6.07, 6.45) is 0.895. The van der Waals surface area contributed by atoms with Crippen LogP contribution in [0.3, 0.4) is 0 Å². The normalized spacial score (nSPS) is 11.9. The van der Waals surface area contributed by atoms with Crippen LogP contribution in [0.4, 0.5) is 0 Å². The molecule has 0 saturated carbocycles. The van der Waals surface area contributed by atoms with Gasteiger partial charge in [0.1, 0.15) is 4.90 Å². The summed E-state index contributed by atoms with van der Waals surface area (Å²) in [6, 6.07) is 0. The molecule has 22 heavy (non-hydrogen) atoms. The van der Waals surface area contributed by atoms with Gasteiger partial charge in [-0.1, -0.05) is 13.8 Å². The highest BCUT2D eigenvalue weighted by Gasteiger charge is 2.22. The molecule has 126 valence electrons. The Morgan fingerprint density at radius 2 is 1.95 bits per heavy atom. The number of carbonyl (C=O) groups excluding carboxylic acids is 1. The third kappa shape index (κ3) is 5.10. The maximum atomic E-state index is 12.3. The van der Waals surface area contributed by atoms with Crippen molar-refractivity contribution in [1.82, 2.24) is 19.8 Å². The summed E-state index contributed by atoms with van der Waals surface area (Å²) in [5, 5.41) is 6.55. The van der Waals surface area contributed by atoms with Gasteiger partial charge in [-0.15, -0.1) is 0 Å². The minimum atomic E-state index is -3.61. The van der Waals surface area contributed by atoms with Gasteiger partial charge in [0.25, 0.3) is 0 Å². The second-order valence-electron chi connectivity index (χ2n) is 5.85. The maximum absolute atomic E-state index is 12.3. The lowest BCUT2D eigenvalue weighted by atomic mass is 10.1. The van der Waals surface area contributed by atoms with Gasteiger partial charge in [-0.05, 0) is 26.2 Å². The molecule has 0 fully saturated rings. The summed E-state index contributed by atoms with van der Waals surface area (Å²) in [4.78, 5) is 13.4. The number of carbonyl (C=O) groups is 1. The highest BCUT2D eigenvalue weighted by molar-refractivity contribution is 7.89. The van der Waals surface area contributed by atoms with Gasteiger partial charge < -0.3 is 4.90 Å². The van der Waals surface area contributed by atoms with Gasteiger partial charge in [0.15, 0.2) is 0 Å². The van der Waals surface area contributed by atoms with E-state index in [1.165, 1.54) is 6.92 Å². The van der Waals surface area contributed by atoms with E-state index in [2.05, 4.69) is 28.8 Å². The molecule has 1 heterocycles. The van der Waals surface area contributed by atoms with E-state index in [0.717, 1.165) is 6.42 Å². The molecule has 8 heteroatoms. The molecule has 1 aromatic heterocycles. The quantitative estimate of drug-likeness (QED) is 0.748. The molecule has 0 spiro atoms. The number of sulfonamides is 1. The van der Waals surface area contributed by atoms with Crippen molar-refractivity contribution in [2.75, 3.05) is 19.6 Å². The third-order valence-electron chi connectivity index (χ3n) is 3.42. The molecule has 0 aliphatic heterocycles. The van der Waals surface area contributed by atoms with E-state index in [9.17, 15) is 13.2 Å².